The molecule has 1 unspecified atom stereocenters. The Morgan fingerprint density at radius 3 is 2.30 bits per heavy atom. The van der Waals surface area contributed by atoms with Crippen molar-refractivity contribution in [2.24, 2.45) is 0 Å². The van der Waals surface area contributed by atoms with E-state index in [0.29, 0.717) is 22.7 Å². The Balaban J connectivity index is 0.959. The number of nitrogens with one attached hydrogen (secondary N) is 2. The van der Waals surface area contributed by atoms with Crippen molar-refractivity contribution in [2.75, 3.05) is 43.4 Å². The normalized spacial score (nSPS) is 21.6. The number of fused-ring (bicyclic) bond motifs is 1. The van der Waals surface area contributed by atoms with Gasteiger partial charge in [-0.15, -0.1) is 11.8 Å². The summed E-state index contributed by atoms with van der Waals surface area (Å²) >= 11 is 1.64. The third kappa shape index (κ3) is 6.47. The summed E-state index contributed by atoms with van der Waals surface area (Å²) in [5.41, 5.74) is 2.46. The molecule has 5 amide bonds. The molecule has 1 saturated carbocycles. The van der Waals surface area contributed by atoms with Crippen LogP contribution >= 0.6 is 11.8 Å². The van der Waals surface area contributed by atoms with Gasteiger partial charge in [0.25, 0.3) is 17.7 Å². The molecule has 2 aromatic carbocycles. The molecule has 2 saturated heterocycles. The highest BCUT2D eigenvalue weighted by Gasteiger charge is 2.44. The van der Waals surface area contributed by atoms with E-state index in [1.165, 1.54) is 19.3 Å². The first-order valence-electron chi connectivity index (χ1n) is 15.2. The molecular weight excluding hydrogens is 566 g/mol. The molecule has 0 spiro atoms. The van der Waals surface area contributed by atoms with Crippen LogP contribution in [0.4, 0.5) is 5.69 Å². The highest BCUT2D eigenvalue weighted by Crippen LogP contribution is 2.31. The number of hydrogen-bond acceptors (Lipinski definition) is 8. The quantitative estimate of drug-likeness (QED) is 0.349. The van der Waals surface area contributed by atoms with Crippen LogP contribution in [0.3, 0.4) is 0 Å². The number of amides is 5. The number of piperazine rings is 1. The molecule has 0 aromatic heterocycles. The van der Waals surface area contributed by atoms with Gasteiger partial charge in [0, 0.05) is 67.1 Å². The lowest BCUT2D eigenvalue weighted by atomic mass is 9.95. The van der Waals surface area contributed by atoms with E-state index in [0.717, 1.165) is 66.8 Å². The zero-order chi connectivity index (χ0) is 29.9. The van der Waals surface area contributed by atoms with Gasteiger partial charge < -0.3 is 10.2 Å². The number of nitrogens with zero attached hydrogens (tertiary/aromatic N) is 3. The first kappa shape index (κ1) is 29.4. The summed E-state index contributed by atoms with van der Waals surface area (Å²) < 4.78 is 0. The van der Waals surface area contributed by atoms with Gasteiger partial charge in [0.15, 0.2) is 0 Å². The number of thioether (sulfide) groups is 1. The fraction of sp³-hybridized carbons (Fsp3) is 0.469. The van der Waals surface area contributed by atoms with Crippen molar-refractivity contribution < 1.29 is 24.0 Å². The maximum atomic E-state index is 13.1. The molecule has 3 heterocycles. The van der Waals surface area contributed by atoms with E-state index in [9.17, 15) is 24.0 Å². The summed E-state index contributed by atoms with van der Waals surface area (Å²) in [5.74, 6) is -1.10. The lowest BCUT2D eigenvalue weighted by Gasteiger charge is -2.36. The number of piperidine rings is 1. The molecule has 0 bridgehead atoms. The zero-order valence-corrected chi connectivity index (χ0v) is 25.0. The van der Waals surface area contributed by atoms with Gasteiger partial charge in [-0.3, -0.25) is 39.1 Å². The van der Waals surface area contributed by atoms with Crippen molar-refractivity contribution in [3.05, 3.63) is 59.2 Å². The summed E-state index contributed by atoms with van der Waals surface area (Å²) in [6.07, 6.45) is 6.05. The van der Waals surface area contributed by atoms with Crippen LogP contribution in [0.5, 0.6) is 0 Å². The molecule has 6 rings (SSSR count). The highest BCUT2D eigenvalue weighted by molar-refractivity contribution is 7.99. The van der Waals surface area contributed by atoms with Crippen LogP contribution in [-0.2, 0) is 9.59 Å². The molecule has 3 aliphatic heterocycles. The topological polar surface area (TPSA) is 119 Å². The number of anilines is 1. The SMILES string of the molecule is O=C1CCC(N2C(=O)c3ccc(SCCN4CCN(c5ccc(C(=O)NC6CCCCC6)cc5)CC4)cc3C2=O)C(=O)N1. The smallest absolute Gasteiger partial charge is 0.262 e. The van der Waals surface area contributed by atoms with Gasteiger partial charge in [0.1, 0.15) is 6.04 Å². The van der Waals surface area contributed by atoms with Crippen LogP contribution in [0.15, 0.2) is 47.4 Å². The monoisotopic (exact) mass is 603 g/mol. The number of imide groups is 2. The minimum atomic E-state index is -0.955. The molecule has 10 nitrogen and oxygen atoms in total. The molecular formula is C32H37N5O5S. The maximum absolute atomic E-state index is 13.1. The zero-order valence-electron chi connectivity index (χ0n) is 24.2. The van der Waals surface area contributed by atoms with Crippen LogP contribution in [-0.4, -0.2) is 89.9 Å². The predicted octanol–water partition coefficient (Wildman–Crippen LogP) is 3.06. The van der Waals surface area contributed by atoms with Gasteiger partial charge >= 0.3 is 0 Å². The molecule has 4 aliphatic rings. The Kier molecular flexibility index (Phi) is 8.80. The molecule has 3 fully saturated rings. The lowest BCUT2D eigenvalue weighted by Crippen LogP contribution is -2.54. The van der Waals surface area contributed by atoms with Crippen molar-refractivity contribution in [3.8, 4) is 0 Å². The van der Waals surface area contributed by atoms with Gasteiger partial charge in [-0.1, -0.05) is 19.3 Å². The van der Waals surface area contributed by atoms with Gasteiger partial charge in [-0.2, -0.15) is 0 Å². The van der Waals surface area contributed by atoms with E-state index < -0.39 is 23.8 Å². The number of hydrogen-bond donors (Lipinski definition) is 2. The van der Waals surface area contributed by atoms with Crippen molar-refractivity contribution in [3.63, 3.8) is 0 Å². The van der Waals surface area contributed by atoms with Crippen molar-refractivity contribution in [1.82, 2.24) is 20.4 Å². The van der Waals surface area contributed by atoms with Gasteiger partial charge in [0.2, 0.25) is 11.8 Å². The van der Waals surface area contributed by atoms with Crippen LogP contribution in [0.25, 0.3) is 0 Å². The third-order valence-corrected chi connectivity index (χ3v) is 9.87. The first-order valence-corrected chi connectivity index (χ1v) is 16.2. The van der Waals surface area contributed by atoms with Crippen LogP contribution < -0.4 is 15.5 Å². The number of rotatable bonds is 8. The van der Waals surface area contributed by atoms with Crippen LogP contribution in [0.1, 0.15) is 76.0 Å². The molecule has 11 heteroatoms. The van der Waals surface area contributed by atoms with E-state index >= 15 is 0 Å². The summed E-state index contributed by atoms with van der Waals surface area (Å²) in [5, 5.41) is 5.41. The van der Waals surface area contributed by atoms with E-state index in [-0.39, 0.29) is 24.7 Å². The van der Waals surface area contributed by atoms with E-state index in [4.69, 9.17) is 0 Å². The summed E-state index contributed by atoms with van der Waals surface area (Å²) in [7, 11) is 0. The standard InChI is InChI=1S/C32H37N5O5S/c38-28-13-12-27(30(40)34-28)37-31(41)25-11-10-24(20-26(25)32(37)42)43-19-18-35-14-16-36(17-15-35)23-8-6-21(7-9-23)29(39)33-22-4-2-1-3-5-22/h6-11,20,22,27H,1-5,12-19H2,(H,33,39)(H,34,38,40). The van der Waals surface area contributed by atoms with Crippen LogP contribution in [0, 0.1) is 0 Å². The highest BCUT2D eigenvalue weighted by atomic mass is 32.2. The van der Waals surface area contributed by atoms with Gasteiger partial charge in [-0.05, 0) is 61.7 Å². The molecule has 2 aromatic rings. The average molecular weight is 604 g/mol. The second-order valence-corrected chi connectivity index (χ2v) is 12.9. The van der Waals surface area contributed by atoms with E-state index in [1.54, 1.807) is 23.9 Å². The van der Waals surface area contributed by atoms with Crippen molar-refractivity contribution in [2.45, 2.75) is 61.9 Å². The largest absolute Gasteiger partial charge is 0.369 e. The second-order valence-electron chi connectivity index (χ2n) is 11.7. The number of carbonyl (C=O) groups excluding carboxylic acids is 5. The molecule has 226 valence electrons. The summed E-state index contributed by atoms with van der Waals surface area (Å²) in [6.45, 7) is 4.57. The van der Waals surface area contributed by atoms with Gasteiger partial charge in [0.05, 0.1) is 11.1 Å². The molecule has 2 N–H and O–H groups in total. The minimum Gasteiger partial charge on any atom is -0.369 e. The maximum Gasteiger partial charge on any atom is 0.262 e. The van der Waals surface area contributed by atoms with Crippen molar-refractivity contribution in [1.29, 1.82) is 0 Å². The summed E-state index contributed by atoms with van der Waals surface area (Å²) in [4.78, 5) is 69.1. The first-order chi connectivity index (χ1) is 20.9. The average Bonchev–Trinajstić information content (AvgIpc) is 3.27. The molecule has 1 atom stereocenters. The fourth-order valence-corrected chi connectivity index (χ4v) is 7.35. The Morgan fingerprint density at radius 1 is 0.860 bits per heavy atom. The molecule has 43 heavy (non-hydrogen) atoms. The lowest BCUT2D eigenvalue weighted by molar-refractivity contribution is -0.136. The predicted molar refractivity (Wildman–Crippen MR) is 163 cm³/mol. The molecule has 1 aliphatic carbocycles. The Labute approximate surface area is 255 Å². The minimum absolute atomic E-state index is 0.0201. The van der Waals surface area contributed by atoms with E-state index in [2.05, 4.69) is 20.4 Å². The number of carbonyl (C=O) groups is 5. The van der Waals surface area contributed by atoms with Crippen molar-refractivity contribution >= 4 is 47.0 Å². The van der Waals surface area contributed by atoms with E-state index in [1.807, 2.05) is 30.3 Å². The Bertz CT molecular complexity index is 1420. The fourth-order valence-electron chi connectivity index (χ4n) is 6.40. The van der Waals surface area contributed by atoms with Crippen LogP contribution in [0.2, 0.25) is 0 Å². The Morgan fingerprint density at radius 2 is 1.58 bits per heavy atom. The second kappa shape index (κ2) is 12.9. The number of benzene rings is 2. The Hall–Kier alpha value is -3.70. The molecule has 0 radical (unpaired) electrons. The summed E-state index contributed by atoms with van der Waals surface area (Å²) in [6, 6.07) is 12.5. The van der Waals surface area contributed by atoms with Gasteiger partial charge in [-0.25, -0.2) is 0 Å². The third-order valence-electron chi connectivity index (χ3n) is 8.89.